The number of hydrogen-bond acceptors (Lipinski definition) is 3. The number of rotatable bonds is 0. The molecule has 0 spiro atoms. The van der Waals surface area contributed by atoms with Crippen LogP contribution < -0.4 is 12.3 Å². The van der Waals surface area contributed by atoms with Gasteiger partial charge in [0, 0.05) is 17.1 Å². The van der Waals surface area contributed by atoms with Gasteiger partial charge < -0.3 is 27.0 Å². The molecule has 0 radical (unpaired) electrons. The van der Waals surface area contributed by atoms with Crippen LogP contribution in [0.3, 0.4) is 0 Å². The third-order valence-electron chi connectivity index (χ3n) is 0. The van der Waals surface area contributed by atoms with Crippen molar-refractivity contribution >= 4 is 7.82 Å². The predicted molar refractivity (Wildman–Crippen MR) is 24.3 cm³/mol. The number of phosphoric acid groups is 1. The molecule has 0 aromatic heterocycles. The van der Waals surface area contributed by atoms with Crippen molar-refractivity contribution in [3.63, 3.8) is 0 Å². The molecule has 0 aromatic rings. The molecular weight excluding hydrogens is 179 g/mol. The Hall–Kier alpha value is 0.549. The van der Waals surface area contributed by atoms with Crippen LogP contribution in [0.2, 0.25) is 0 Å². The molecular formula is H9FeN2O4P. The van der Waals surface area contributed by atoms with Crippen molar-refractivity contribution in [3.8, 4) is 0 Å². The minimum Gasteiger partial charge on any atom is -0.344 e. The fourth-order valence-electron chi connectivity index (χ4n) is 0. The van der Waals surface area contributed by atoms with Crippen LogP contribution in [0.25, 0.3) is 0 Å². The smallest absolute Gasteiger partial charge is 0.344 e. The van der Waals surface area contributed by atoms with Gasteiger partial charge in [0.15, 0.2) is 0 Å². The molecule has 0 heterocycles. The van der Waals surface area contributed by atoms with Crippen molar-refractivity contribution in [2.45, 2.75) is 0 Å². The Kier molecular flexibility index (Phi) is 22.2. The Morgan fingerprint density at radius 2 is 1.00 bits per heavy atom. The van der Waals surface area contributed by atoms with Gasteiger partial charge in [0.05, 0.1) is 0 Å². The van der Waals surface area contributed by atoms with E-state index in [2.05, 4.69) is 0 Å². The van der Waals surface area contributed by atoms with Crippen molar-refractivity contribution < 1.29 is 36.3 Å². The third-order valence-corrected chi connectivity index (χ3v) is 0. The Bertz CT molecular complexity index is 60.2. The van der Waals surface area contributed by atoms with Crippen molar-refractivity contribution in [1.29, 1.82) is 0 Å². The second-order valence-corrected chi connectivity index (χ2v) is 1.54. The zero-order valence-electron chi connectivity index (χ0n) is 3.96. The minimum absolute atomic E-state index is 0. The molecule has 0 atom stereocenters. The summed E-state index contributed by atoms with van der Waals surface area (Å²) in [6, 6.07) is 0. The molecule has 8 heavy (non-hydrogen) atoms. The fraction of sp³-hybridized carbons (Fsp3) is 0. The van der Waals surface area contributed by atoms with E-state index in [9.17, 15) is 0 Å². The predicted octanol–water partition coefficient (Wildman–Crippen LogP) is -0.607. The molecule has 0 aliphatic carbocycles. The Morgan fingerprint density at radius 3 is 1.00 bits per heavy atom. The molecule has 0 amide bonds. The topological polar surface area (TPSA) is 148 Å². The van der Waals surface area contributed by atoms with Gasteiger partial charge in [-0.1, -0.05) is 0 Å². The monoisotopic (exact) mass is 188 g/mol. The van der Waals surface area contributed by atoms with Crippen LogP contribution >= 0.6 is 7.82 Å². The van der Waals surface area contributed by atoms with Crippen LogP contribution in [0.15, 0.2) is 0 Å². The van der Waals surface area contributed by atoms with Gasteiger partial charge in [-0.3, -0.25) is 0 Å². The largest absolute Gasteiger partial charge is 0.466 e. The molecule has 0 bridgehead atoms. The zero-order chi connectivity index (χ0) is 4.50. The van der Waals surface area contributed by atoms with Crippen LogP contribution in [-0.4, -0.2) is 14.7 Å². The molecule has 0 aliphatic rings. The molecule has 9 N–H and O–H groups in total. The molecule has 0 unspecified atom stereocenters. The van der Waals surface area contributed by atoms with Crippen molar-refractivity contribution in [2.75, 3.05) is 0 Å². The summed E-state index contributed by atoms with van der Waals surface area (Å²) in [5.74, 6) is 0. The van der Waals surface area contributed by atoms with Gasteiger partial charge in [0.2, 0.25) is 0 Å². The van der Waals surface area contributed by atoms with Gasteiger partial charge in [-0.15, -0.1) is 0 Å². The second-order valence-electron chi connectivity index (χ2n) is 0.513. The first-order valence-corrected chi connectivity index (χ1v) is 2.35. The summed E-state index contributed by atoms with van der Waals surface area (Å²) in [6.45, 7) is 0. The van der Waals surface area contributed by atoms with E-state index in [1.807, 2.05) is 0 Å². The summed E-state index contributed by atoms with van der Waals surface area (Å²) in [7, 11) is -4.64. The first kappa shape index (κ1) is 23.5. The molecule has 56 valence electrons. The Morgan fingerprint density at radius 1 is 1.00 bits per heavy atom. The standard InChI is InChI=1S/Fe.2H3N.H3O4P/c;;;1-5(2,3)4/h;2*1H3;(H3,1,2,3,4). The van der Waals surface area contributed by atoms with Gasteiger partial charge >= 0.3 is 7.82 Å². The average Bonchev–Trinajstić information content (AvgIpc) is 0.722. The normalized spacial score (nSPS) is 7.38. The van der Waals surface area contributed by atoms with Crippen LogP contribution in [-0.2, 0) is 21.6 Å². The van der Waals surface area contributed by atoms with E-state index in [1.165, 1.54) is 0 Å². The summed E-state index contributed by atoms with van der Waals surface area (Å²) in [6.07, 6.45) is 0. The maximum Gasteiger partial charge on any atom is 0.466 e. The Balaban J connectivity index is -0.0000000267. The molecule has 0 rings (SSSR count). The van der Waals surface area contributed by atoms with E-state index in [1.54, 1.807) is 0 Å². The van der Waals surface area contributed by atoms with Gasteiger partial charge in [-0.25, -0.2) is 4.57 Å². The molecule has 0 saturated carbocycles. The molecule has 6 nitrogen and oxygen atoms in total. The van der Waals surface area contributed by atoms with Crippen LogP contribution in [0.4, 0.5) is 0 Å². The Labute approximate surface area is 57.2 Å². The van der Waals surface area contributed by atoms with E-state index >= 15 is 0 Å². The van der Waals surface area contributed by atoms with E-state index in [4.69, 9.17) is 19.2 Å². The van der Waals surface area contributed by atoms with E-state index in [-0.39, 0.29) is 29.4 Å². The van der Waals surface area contributed by atoms with Gasteiger partial charge in [0.1, 0.15) is 0 Å². The SMILES string of the molecule is N.N.O=P(O)(O)O.[Fe]. The van der Waals surface area contributed by atoms with Gasteiger partial charge in [-0.2, -0.15) is 0 Å². The maximum atomic E-state index is 8.88. The van der Waals surface area contributed by atoms with Gasteiger partial charge in [0.25, 0.3) is 0 Å². The fourth-order valence-corrected chi connectivity index (χ4v) is 0. The minimum atomic E-state index is -4.64. The van der Waals surface area contributed by atoms with Gasteiger partial charge in [-0.05, 0) is 0 Å². The first-order valence-electron chi connectivity index (χ1n) is 0.783. The van der Waals surface area contributed by atoms with Crippen molar-refractivity contribution in [1.82, 2.24) is 12.3 Å². The summed E-state index contributed by atoms with van der Waals surface area (Å²) in [4.78, 5) is 21.6. The molecule has 8 heteroatoms. The van der Waals surface area contributed by atoms with Crippen LogP contribution in [0, 0.1) is 0 Å². The molecule has 0 fully saturated rings. The van der Waals surface area contributed by atoms with E-state index in [0.29, 0.717) is 0 Å². The molecule has 0 aliphatic heterocycles. The van der Waals surface area contributed by atoms with Crippen molar-refractivity contribution in [2.24, 2.45) is 0 Å². The van der Waals surface area contributed by atoms with E-state index < -0.39 is 7.82 Å². The quantitative estimate of drug-likeness (QED) is 0.253. The summed E-state index contributed by atoms with van der Waals surface area (Å²) in [5, 5.41) is 0. The zero-order valence-corrected chi connectivity index (χ0v) is 5.96. The maximum absolute atomic E-state index is 8.88. The second kappa shape index (κ2) is 7.55. The van der Waals surface area contributed by atoms with Crippen molar-refractivity contribution in [3.05, 3.63) is 0 Å². The average molecular weight is 188 g/mol. The van der Waals surface area contributed by atoms with Crippen LogP contribution in [0.1, 0.15) is 0 Å². The number of hydrogen-bond donors (Lipinski definition) is 5. The van der Waals surface area contributed by atoms with E-state index in [0.717, 1.165) is 0 Å². The first-order chi connectivity index (χ1) is 2.00. The molecule has 0 saturated heterocycles. The third kappa shape index (κ3) is 668. The van der Waals surface area contributed by atoms with Crippen LogP contribution in [0.5, 0.6) is 0 Å². The summed E-state index contributed by atoms with van der Waals surface area (Å²) in [5.41, 5.74) is 0. The summed E-state index contributed by atoms with van der Waals surface area (Å²) >= 11 is 0. The summed E-state index contributed by atoms with van der Waals surface area (Å²) < 4.78 is 8.88. The molecule has 0 aromatic carbocycles.